The Morgan fingerprint density at radius 1 is 0.630 bits per heavy atom. The van der Waals surface area contributed by atoms with Gasteiger partial charge in [0.25, 0.3) is 0 Å². The smallest absolute Gasteiger partial charge is 0.460 e. The fourth-order valence-electron chi connectivity index (χ4n) is 3.92. The van der Waals surface area contributed by atoms with Gasteiger partial charge in [-0.15, -0.1) is 0 Å². The van der Waals surface area contributed by atoms with Crippen LogP contribution in [0.4, 0.5) is 39.5 Å². The molecule has 46 heavy (non-hydrogen) atoms. The summed E-state index contributed by atoms with van der Waals surface area (Å²) in [6.45, 7) is 0. The van der Waals surface area contributed by atoms with Gasteiger partial charge in [0.1, 0.15) is 5.75 Å². The molecule has 0 amide bonds. The second kappa shape index (κ2) is 14.1. The minimum Gasteiger partial charge on any atom is -0.743 e. The molecule has 0 spiro atoms. The molecule has 0 atom stereocenters. The molecule has 0 N–H and O–H groups in total. The molecular formula is C30H22F9IO5S. The zero-order valence-corrected chi connectivity index (χ0v) is 26.4. The molecule has 0 aliphatic heterocycles. The quantitative estimate of drug-likeness (QED) is 0.134. The molecule has 4 rings (SSSR count). The van der Waals surface area contributed by atoms with E-state index in [1.54, 1.807) is 14.2 Å². The maximum absolute atomic E-state index is 12.2. The monoisotopic (exact) mass is 792 g/mol. The number of hydrogen-bond acceptors (Lipinski definition) is 5. The van der Waals surface area contributed by atoms with Crippen molar-refractivity contribution in [3.8, 4) is 33.8 Å². The van der Waals surface area contributed by atoms with Crippen LogP contribution in [0.2, 0.25) is 0 Å². The molecule has 4 aromatic carbocycles. The molecule has 0 saturated carbocycles. The molecule has 0 radical (unpaired) electrons. The number of alkyl halides is 9. The van der Waals surface area contributed by atoms with Gasteiger partial charge >= 0.3 is 44.5 Å². The van der Waals surface area contributed by atoms with E-state index in [1.807, 2.05) is 12.1 Å². The highest BCUT2D eigenvalue weighted by Gasteiger charge is 2.83. The summed E-state index contributed by atoms with van der Waals surface area (Å²) in [5, 5.41) is -7.11. The molecule has 0 aromatic heterocycles. The average molecular weight is 792 g/mol. The van der Waals surface area contributed by atoms with Crippen LogP contribution in [0.25, 0.3) is 22.3 Å². The van der Waals surface area contributed by atoms with Crippen molar-refractivity contribution in [2.45, 2.75) is 23.3 Å². The van der Waals surface area contributed by atoms with Crippen molar-refractivity contribution in [3.63, 3.8) is 0 Å². The number of benzene rings is 4. The average Bonchev–Trinajstić information content (AvgIpc) is 3.00. The Morgan fingerprint density at radius 2 is 1.07 bits per heavy atom. The first-order valence-electron chi connectivity index (χ1n) is 12.6. The molecule has 5 nitrogen and oxygen atoms in total. The number of ether oxygens (including phenoxy) is 2. The van der Waals surface area contributed by atoms with E-state index in [4.69, 9.17) is 9.47 Å². The first-order chi connectivity index (χ1) is 21.3. The van der Waals surface area contributed by atoms with E-state index in [0.29, 0.717) is 0 Å². The number of hydrogen-bond donors (Lipinski definition) is 0. The highest BCUT2D eigenvalue weighted by atomic mass is 127. The van der Waals surface area contributed by atoms with E-state index in [2.05, 4.69) is 84.9 Å². The Bertz CT molecular complexity index is 1720. The highest BCUT2D eigenvalue weighted by Crippen LogP contribution is 2.54. The number of rotatable bonds is 9. The second-order valence-electron chi connectivity index (χ2n) is 9.08. The van der Waals surface area contributed by atoms with Crippen molar-refractivity contribution in [1.82, 2.24) is 0 Å². The third kappa shape index (κ3) is 7.38. The molecule has 4 aromatic rings. The van der Waals surface area contributed by atoms with Crippen LogP contribution in [0.5, 0.6) is 11.5 Å². The molecule has 0 aliphatic carbocycles. The number of methoxy groups -OCH3 is 2. The summed E-state index contributed by atoms with van der Waals surface area (Å²) < 4.78 is 150. The maximum atomic E-state index is 12.2. The molecule has 0 unspecified atom stereocenters. The van der Waals surface area contributed by atoms with Crippen LogP contribution in [0.15, 0.2) is 97.1 Å². The lowest BCUT2D eigenvalue weighted by atomic mass is 9.93. The topological polar surface area (TPSA) is 75.7 Å². The molecule has 0 heterocycles. The maximum Gasteiger partial charge on any atom is 0.460 e. The highest BCUT2D eigenvalue weighted by molar-refractivity contribution is 7.86. The Kier molecular flexibility index (Phi) is 11.3. The molecule has 248 valence electrons. The first-order valence-corrected chi connectivity index (χ1v) is 16.1. The van der Waals surface area contributed by atoms with Crippen LogP contribution in [0.1, 0.15) is 0 Å². The van der Waals surface area contributed by atoms with Gasteiger partial charge in [-0.1, -0.05) is 78.9 Å². The Balaban J connectivity index is 0.000000292. The predicted molar refractivity (Wildman–Crippen MR) is 145 cm³/mol. The van der Waals surface area contributed by atoms with Crippen LogP contribution >= 0.6 is 0 Å². The largest absolute Gasteiger partial charge is 0.743 e. The standard InChI is InChI=1S/C26H22IO2.C4HF9O3S/c1-28-23-18-22(27-21-16-10-5-11-17-21)26(29-2)25(20-14-8-4-9-15-20)24(23)19-12-6-3-7-13-19;5-1(6,3(9,10)11)2(7,8)4(12,13)17(14,15)16/h3-18H,1-2H3;(H,14,15,16)/q+1;/p-1. The van der Waals surface area contributed by atoms with E-state index in [-0.39, 0.29) is 0 Å². The summed E-state index contributed by atoms with van der Waals surface area (Å²) in [5.74, 6) is -13.0. The van der Waals surface area contributed by atoms with Crippen LogP contribution < -0.4 is 30.7 Å². The van der Waals surface area contributed by atoms with Gasteiger partial charge in [0.2, 0.25) is 3.57 Å². The van der Waals surface area contributed by atoms with E-state index < -0.39 is 54.6 Å². The van der Waals surface area contributed by atoms with Gasteiger partial charge in [0, 0.05) is 17.2 Å². The van der Waals surface area contributed by atoms with Crippen LogP contribution in [0.3, 0.4) is 0 Å². The number of halogens is 10. The lowest BCUT2D eigenvalue weighted by molar-refractivity contribution is -0.598. The Hall–Kier alpha value is -3.51. The lowest BCUT2D eigenvalue weighted by Gasteiger charge is -2.34. The lowest BCUT2D eigenvalue weighted by Crippen LogP contribution is -3.61. The molecular weight excluding hydrogens is 770 g/mol. The summed E-state index contributed by atoms with van der Waals surface area (Å²) in [7, 11) is -3.91. The van der Waals surface area contributed by atoms with Crippen LogP contribution in [-0.2, 0) is 10.1 Å². The minimum absolute atomic E-state index is 0.419. The fraction of sp³-hybridized carbons (Fsp3) is 0.200. The van der Waals surface area contributed by atoms with Crippen molar-refractivity contribution in [2.24, 2.45) is 0 Å². The summed E-state index contributed by atoms with van der Waals surface area (Å²) in [4.78, 5) is 0. The molecule has 0 bridgehead atoms. The molecule has 0 saturated heterocycles. The van der Waals surface area contributed by atoms with Gasteiger partial charge in [-0.05, 0) is 23.3 Å². The molecule has 16 heteroatoms. The zero-order valence-electron chi connectivity index (χ0n) is 23.5. The summed E-state index contributed by atoms with van der Waals surface area (Å²) in [6.07, 6.45) is -7.16. The van der Waals surface area contributed by atoms with Gasteiger partial charge in [-0.2, -0.15) is 39.5 Å². The molecule has 0 fully saturated rings. The van der Waals surface area contributed by atoms with Crippen molar-refractivity contribution in [2.75, 3.05) is 14.2 Å². The van der Waals surface area contributed by atoms with Gasteiger partial charge in [-0.25, -0.2) is 8.42 Å². The van der Waals surface area contributed by atoms with Crippen molar-refractivity contribution < 1.29 is 83.2 Å². The van der Waals surface area contributed by atoms with Gasteiger partial charge in [0.15, 0.2) is 19.4 Å². The summed E-state index contributed by atoms with van der Waals surface area (Å²) in [5.41, 5.74) is 4.40. The summed E-state index contributed by atoms with van der Waals surface area (Å²) >= 11 is -0.419. The fourth-order valence-corrected chi connectivity index (χ4v) is 6.99. The SMILES string of the molecule is COc1cc([I+]c2ccccc2)c(OC)c(-c2ccccc2)c1-c1ccccc1.O=S(=O)([O-])C(F)(F)C(F)(F)C(F)(F)C(F)(F)F. The van der Waals surface area contributed by atoms with Crippen molar-refractivity contribution >= 4 is 10.1 Å². The third-order valence-electron chi connectivity index (χ3n) is 6.12. The summed E-state index contributed by atoms with van der Waals surface area (Å²) in [6, 6.07) is 33.6. The minimum atomic E-state index is -7.43. The third-order valence-corrected chi connectivity index (χ3v) is 9.73. The molecule has 0 aliphatic rings. The Morgan fingerprint density at radius 3 is 1.46 bits per heavy atom. The normalized spacial score (nSPS) is 12.6. The van der Waals surface area contributed by atoms with Crippen molar-refractivity contribution in [3.05, 3.63) is 104 Å². The second-order valence-corrected chi connectivity index (χ2v) is 13.5. The van der Waals surface area contributed by atoms with Gasteiger partial charge in [-0.3, -0.25) is 0 Å². The van der Waals surface area contributed by atoms with Crippen LogP contribution in [0, 0.1) is 7.14 Å². The van der Waals surface area contributed by atoms with Gasteiger partial charge < -0.3 is 14.0 Å². The van der Waals surface area contributed by atoms with Crippen LogP contribution in [-0.4, -0.2) is 50.5 Å². The van der Waals surface area contributed by atoms with E-state index in [1.165, 1.54) is 7.14 Å². The van der Waals surface area contributed by atoms with E-state index in [0.717, 1.165) is 33.8 Å². The van der Waals surface area contributed by atoms with E-state index >= 15 is 0 Å². The first kappa shape index (κ1) is 37.0. The van der Waals surface area contributed by atoms with Crippen molar-refractivity contribution in [1.29, 1.82) is 0 Å². The predicted octanol–water partition coefficient (Wildman–Crippen LogP) is 5.12. The Labute approximate surface area is 268 Å². The van der Waals surface area contributed by atoms with Gasteiger partial charge in [0.05, 0.1) is 14.2 Å². The zero-order chi connectivity index (χ0) is 34.6. The van der Waals surface area contributed by atoms with E-state index in [9.17, 15) is 52.5 Å².